The molecule has 0 amide bonds. The molecule has 0 saturated carbocycles. The molecule has 0 bridgehead atoms. The summed E-state index contributed by atoms with van der Waals surface area (Å²) >= 11 is 0. The first-order valence-corrected chi connectivity index (χ1v) is 7.56. The van der Waals surface area contributed by atoms with Gasteiger partial charge in [0.15, 0.2) is 0 Å². The van der Waals surface area contributed by atoms with E-state index in [4.69, 9.17) is 9.73 Å². The average molecular weight is 278 g/mol. The molecule has 0 aromatic carbocycles. The first-order chi connectivity index (χ1) is 9.38. The van der Waals surface area contributed by atoms with E-state index < -0.39 is 0 Å². The minimum atomic E-state index is 0.261. The third-order valence-electron chi connectivity index (χ3n) is 4.06. The van der Waals surface area contributed by atoms with Gasteiger partial charge in [-0.1, -0.05) is 26.5 Å². The van der Waals surface area contributed by atoms with Gasteiger partial charge in [-0.25, -0.2) is 0 Å². The monoisotopic (exact) mass is 278 g/mol. The molecular formula is C17H30N2O. The van der Waals surface area contributed by atoms with E-state index >= 15 is 0 Å². The number of nitrogens with zero attached hydrogens (tertiary/aromatic N) is 2. The van der Waals surface area contributed by atoms with Crippen molar-refractivity contribution in [3.8, 4) is 0 Å². The summed E-state index contributed by atoms with van der Waals surface area (Å²) in [7, 11) is 4.17. The van der Waals surface area contributed by atoms with Crippen molar-refractivity contribution in [2.75, 3.05) is 27.3 Å². The Balaban J connectivity index is 3.07. The van der Waals surface area contributed by atoms with E-state index in [2.05, 4.69) is 59.3 Å². The Labute approximate surface area is 124 Å². The molecule has 0 aromatic heterocycles. The van der Waals surface area contributed by atoms with E-state index in [-0.39, 0.29) is 6.04 Å². The summed E-state index contributed by atoms with van der Waals surface area (Å²) in [5, 5.41) is 0. The van der Waals surface area contributed by atoms with Gasteiger partial charge in [0, 0.05) is 24.3 Å². The fraction of sp³-hybridized carbons (Fsp3) is 0.706. The number of allylic oxidation sites excluding steroid dienone is 2. The SMILES string of the molecule is C=C(C(=N/C(=C\C)C(C)C)[C@@H](C)N(C)C)[C@H]1CCOC1. The van der Waals surface area contributed by atoms with Gasteiger partial charge in [0.1, 0.15) is 0 Å². The van der Waals surface area contributed by atoms with Crippen molar-refractivity contribution in [1.29, 1.82) is 0 Å². The minimum absolute atomic E-state index is 0.261. The first-order valence-electron chi connectivity index (χ1n) is 7.56. The van der Waals surface area contributed by atoms with Crippen LogP contribution in [0.4, 0.5) is 0 Å². The molecule has 0 spiro atoms. The van der Waals surface area contributed by atoms with Gasteiger partial charge < -0.3 is 9.64 Å². The second-order valence-corrected chi connectivity index (χ2v) is 6.09. The summed E-state index contributed by atoms with van der Waals surface area (Å²) in [6, 6.07) is 0.261. The highest BCUT2D eigenvalue weighted by molar-refractivity contribution is 6.04. The third kappa shape index (κ3) is 4.29. The smallest absolute Gasteiger partial charge is 0.0605 e. The number of hydrogen-bond donors (Lipinski definition) is 0. The summed E-state index contributed by atoms with van der Waals surface area (Å²) in [6.45, 7) is 14.5. The quantitative estimate of drug-likeness (QED) is 0.694. The number of aliphatic imine (C=N–C) groups is 1. The molecule has 1 rings (SSSR count). The summed E-state index contributed by atoms with van der Waals surface area (Å²) in [5.74, 6) is 0.846. The lowest BCUT2D eigenvalue weighted by atomic mass is 9.91. The van der Waals surface area contributed by atoms with E-state index in [0.29, 0.717) is 11.8 Å². The van der Waals surface area contributed by atoms with Crippen molar-refractivity contribution < 1.29 is 4.74 Å². The van der Waals surface area contributed by atoms with Gasteiger partial charge in [0.2, 0.25) is 0 Å². The van der Waals surface area contributed by atoms with Crippen molar-refractivity contribution in [3.05, 3.63) is 23.9 Å². The molecule has 0 aromatic rings. The molecule has 0 unspecified atom stereocenters. The Hall–Kier alpha value is -0.930. The highest BCUT2D eigenvalue weighted by atomic mass is 16.5. The standard InChI is InChI=1S/C17H30N2O/c1-8-16(12(2)3)18-17(14(5)19(6)7)13(4)15-9-10-20-11-15/h8,12,14-15H,4,9-11H2,1-3,5-7H3/b16-8-,18-17?/t14-,15+/m1/s1. The van der Waals surface area contributed by atoms with Crippen LogP contribution in [0.3, 0.4) is 0 Å². The molecule has 0 aliphatic carbocycles. The molecule has 3 heteroatoms. The summed E-state index contributed by atoms with van der Waals surface area (Å²) in [5.41, 5.74) is 3.38. The van der Waals surface area contributed by atoms with Crippen LogP contribution in [0, 0.1) is 11.8 Å². The van der Waals surface area contributed by atoms with Gasteiger partial charge in [0.05, 0.1) is 12.3 Å². The third-order valence-corrected chi connectivity index (χ3v) is 4.06. The van der Waals surface area contributed by atoms with Gasteiger partial charge in [-0.2, -0.15) is 0 Å². The second-order valence-electron chi connectivity index (χ2n) is 6.09. The van der Waals surface area contributed by atoms with E-state index in [9.17, 15) is 0 Å². The van der Waals surface area contributed by atoms with Crippen LogP contribution in [0.2, 0.25) is 0 Å². The molecule has 1 heterocycles. The summed E-state index contributed by atoms with van der Waals surface area (Å²) in [4.78, 5) is 7.13. The zero-order valence-electron chi connectivity index (χ0n) is 13.9. The van der Waals surface area contributed by atoms with Crippen LogP contribution in [-0.4, -0.2) is 44.0 Å². The molecular weight excluding hydrogens is 248 g/mol. The van der Waals surface area contributed by atoms with Crippen molar-refractivity contribution >= 4 is 5.71 Å². The highest BCUT2D eigenvalue weighted by Crippen LogP contribution is 2.25. The van der Waals surface area contributed by atoms with Crippen LogP contribution in [0.15, 0.2) is 28.9 Å². The maximum atomic E-state index is 5.50. The second kappa shape index (κ2) is 7.75. The molecule has 1 aliphatic heterocycles. The van der Waals surface area contributed by atoms with Crippen molar-refractivity contribution in [2.45, 2.75) is 40.2 Å². The van der Waals surface area contributed by atoms with Crippen LogP contribution < -0.4 is 0 Å². The van der Waals surface area contributed by atoms with Gasteiger partial charge >= 0.3 is 0 Å². The molecule has 1 saturated heterocycles. The number of ether oxygens (including phenoxy) is 1. The minimum Gasteiger partial charge on any atom is -0.381 e. The molecule has 0 radical (unpaired) electrons. The molecule has 3 nitrogen and oxygen atoms in total. The van der Waals surface area contributed by atoms with Crippen LogP contribution >= 0.6 is 0 Å². The van der Waals surface area contributed by atoms with E-state index in [1.165, 1.54) is 0 Å². The largest absolute Gasteiger partial charge is 0.381 e. The first kappa shape index (κ1) is 17.1. The molecule has 1 aliphatic rings. The Morgan fingerprint density at radius 1 is 1.35 bits per heavy atom. The van der Waals surface area contributed by atoms with E-state index in [0.717, 1.165) is 36.6 Å². The van der Waals surface area contributed by atoms with Crippen LogP contribution in [-0.2, 0) is 4.74 Å². The van der Waals surface area contributed by atoms with Crippen molar-refractivity contribution in [1.82, 2.24) is 4.90 Å². The Kier molecular flexibility index (Phi) is 6.63. The van der Waals surface area contributed by atoms with Crippen LogP contribution in [0.25, 0.3) is 0 Å². The van der Waals surface area contributed by atoms with Crippen molar-refractivity contribution in [2.24, 2.45) is 16.8 Å². The number of hydrogen-bond acceptors (Lipinski definition) is 3. The van der Waals surface area contributed by atoms with E-state index in [1.807, 2.05) is 0 Å². The lowest BCUT2D eigenvalue weighted by Crippen LogP contribution is -2.35. The zero-order chi connectivity index (χ0) is 15.3. The Morgan fingerprint density at radius 2 is 2.00 bits per heavy atom. The predicted octanol–water partition coefficient (Wildman–Crippen LogP) is 3.53. The predicted molar refractivity (Wildman–Crippen MR) is 87.2 cm³/mol. The van der Waals surface area contributed by atoms with Crippen LogP contribution in [0.1, 0.15) is 34.1 Å². The van der Waals surface area contributed by atoms with Gasteiger partial charge in [0.25, 0.3) is 0 Å². The Bertz CT molecular complexity index is 388. The molecule has 20 heavy (non-hydrogen) atoms. The maximum absolute atomic E-state index is 5.50. The molecule has 2 atom stereocenters. The normalized spacial score (nSPS) is 22.7. The molecule has 114 valence electrons. The fourth-order valence-electron chi connectivity index (χ4n) is 2.36. The average Bonchev–Trinajstić information content (AvgIpc) is 2.92. The van der Waals surface area contributed by atoms with Crippen LogP contribution in [0.5, 0.6) is 0 Å². The zero-order valence-corrected chi connectivity index (χ0v) is 13.9. The Morgan fingerprint density at radius 3 is 2.40 bits per heavy atom. The highest BCUT2D eigenvalue weighted by Gasteiger charge is 2.26. The maximum Gasteiger partial charge on any atom is 0.0605 e. The van der Waals surface area contributed by atoms with Gasteiger partial charge in [-0.05, 0) is 45.9 Å². The summed E-state index contributed by atoms with van der Waals surface area (Å²) < 4.78 is 5.50. The lowest BCUT2D eigenvalue weighted by Gasteiger charge is -2.26. The van der Waals surface area contributed by atoms with E-state index in [1.54, 1.807) is 0 Å². The molecule has 1 fully saturated rings. The van der Waals surface area contributed by atoms with Gasteiger partial charge in [-0.15, -0.1) is 0 Å². The summed E-state index contributed by atoms with van der Waals surface area (Å²) in [6.07, 6.45) is 3.16. The topological polar surface area (TPSA) is 24.8 Å². The fourth-order valence-corrected chi connectivity index (χ4v) is 2.36. The lowest BCUT2D eigenvalue weighted by molar-refractivity contribution is 0.190. The number of rotatable bonds is 6. The van der Waals surface area contributed by atoms with Crippen molar-refractivity contribution in [3.63, 3.8) is 0 Å². The molecule has 0 N–H and O–H groups in total. The van der Waals surface area contributed by atoms with Gasteiger partial charge in [-0.3, -0.25) is 4.99 Å².